The molecule has 124 valence electrons. The van der Waals surface area contributed by atoms with Crippen LogP contribution in [0, 0.1) is 11.2 Å². The van der Waals surface area contributed by atoms with Crippen LogP contribution in [0.1, 0.15) is 29.6 Å². The largest absolute Gasteiger partial charge is 0.338 e. The highest BCUT2D eigenvalue weighted by Gasteiger charge is 2.49. The predicted molar refractivity (Wildman–Crippen MR) is 84.6 cm³/mol. The summed E-state index contributed by atoms with van der Waals surface area (Å²) in [6.07, 6.45) is 2.75. The number of hydrogen-bond acceptors (Lipinski definition) is 2. The molecular weight excluding hydrogens is 297 g/mol. The zero-order valence-corrected chi connectivity index (χ0v) is 13.5. The molecule has 1 N–H and O–H groups in total. The third-order valence-corrected chi connectivity index (χ3v) is 4.89. The number of benzene rings is 1. The second-order valence-electron chi connectivity index (χ2n) is 6.94. The van der Waals surface area contributed by atoms with E-state index in [2.05, 4.69) is 5.32 Å². The minimum atomic E-state index is -0.389. The molecule has 1 aliphatic heterocycles. The predicted octanol–water partition coefficient (Wildman–Crippen LogP) is 2.09. The fourth-order valence-corrected chi connectivity index (χ4v) is 3.64. The Bertz CT molecular complexity index is 626. The summed E-state index contributed by atoms with van der Waals surface area (Å²) in [5, 5.41) is 2.98. The lowest BCUT2D eigenvalue weighted by Gasteiger charge is -2.45. The van der Waals surface area contributed by atoms with Crippen molar-refractivity contribution in [3.8, 4) is 0 Å². The van der Waals surface area contributed by atoms with E-state index in [9.17, 15) is 14.0 Å². The van der Waals surface area contributed by atoms with Crippen molar-refractivity contribution in [3.63, 3.8) is 0 Å². The van der Waals surface area contributed by atoms with Crippen LogP contribution in [-0.4, -0.2) is 55.0 Å². The van der Waals surface area contributed by atoms with Gasteiger partial charge in [0, 0.05) is 38.8 Å². The third-order valence-electron chi connectivity index (χ3n) is 4.89. The monoisotopic (exact) mass is 319 g/mol. The fourth-order valence-electron chi connectivity index (χ4n) is 3.64. The number of carbonyl (C=O) groups is 2. The van der Waals surface area contributed by atoms with Gasteiger partial charge in [0.15, 0.2) is 0 Å². The van der Waals surface area contributed by atoms with Gasteiger partial charge in [0.05, 0.1) is 0 Å². The summed E-state index contributed by atoms with van der Waals surface area (Å²) in [5.41, 5.74) is 0.520. The molecule has 0 atom stereocenters. The van der Waals surface area contributed by atoms with Gasteiger partial charge in [-0.2, -0.15) is 0 Å². The number of nitrogens with zero attached hydrogens (tertiary/aromatic N) is 2. The Balaban J connectivity index is 1.56. The average Bonchev–Trinajstić information content (AvgIpc) is 2.91. The molecule has 1 aromatic carbocycles. The van der Waals surface area contributed by atoms with Gasteiger partial charge in [-0.25, -0.2) is 9.18 Å². The molecule has 0 unspecified atom stereocenters. The molecule has 1 saturated heterocycles. The van der Waals surface area contributed by atoms with Crippen LogP contribution in [0.2, 0.25) is 0 Å². The van der Waals surface area contributed by atoms with Crippen LogP contribution in [0.15, 0.2) is 24.3 Å². The van der Waals surface area contributed by atoms with E-state index in [4.69, 9.17) is 0 Å². The highest BCUT2D eigenvalue weighted by molar-refractivity contribution is 5.94. The maximum absolute atomic E-state index is 13.3. The van der Waals surface area contributed by atoms with E-state index in [1.807, 2.05) is 0 Å². The van der Waals surface area contributed by atoms with Crippen molar-refractivity contribution >= 4 is 11.9 Å². The summed E-state index contributed by atoms with van der Waals surface area (Å²) >= 11 is 0. The van der Waals surface area contributed by atoms with Crippen LogP contribution in [-0.2, 0) is 0 Å². The number of likely N-dealkylation sites (tertiary alicyclic amines) is 1. The summed E-state index contributed by atoms with van der Waals surface area (Å²) < 4.78 is 13.3. The van der Waals surface area contributed by atoms with Crippen LogP contribution < -0.4 is 5.32 Å². The molecule has 1 spiro atoms. The SMILES string of the molecule is CN(C)C(=O)NC1CC2(CCN(C(=O)c3cccc(F)c3)C2)C1. The van der Waals surface area contributed by atoms with Crippen molar-refractivity contribution in [3.05, 3.63) is 35.6 Å². The number of nitrogens with one attached hydrogen (secondary N) is 1. The summed E-state index contributed by atoms with van der Waals surface area (Å²) in [7, 11) is 3.44. The quantitative estimate of drug-likeness (QED) is 0.907. The average molecular weight is 319 g/mol. The zero-order valence-electron chi connectivity index (χ0n) is 13.5. The molecule has 0 aromatic heterocycles. The Hall–Kier alpha value is -2.11. The summed E-state index contributed by atoms with van der Waals surface area (Å²) in [6, 6.07) is 5.95. The van der Waals surface area contributed by atoms with Gasteiger partial charge in [-0.05, 0) is 42.9 Å². The van der Waals surface area contributed by atoms with Crippen molar-refractivity contribution < 1.29 is 14.0 Å². The van der Waals surface area contributed by atoms with E-state index in [0.717, 1.165) is 19.3 Å². The second-order valence-corrected chi connectivity index (χ2v) is 6.94. The lowest BCUT2D eigenvalue weighted by Crippen LogP contribution is -2.54. The Kier molecular flexibility index (Phi) is 4.00. The van der Waals surface area contributed by atoms with Gasteiger partial charge in [-0.3, -0.25) is 4.79 Å². The maximum Gasteiger partial charge on any atom is 0.317 e. The van der Waals surface area contributed by atoms with Crippen molar-refractivity contribution in [1.29, 1.82) is 0 Å². The van der Waals surface area contributed by atoms with Crippen molar-refractivity contribution in [2.24, 2.45) is 5.41 Å². The van der Waals surface area contributed by atoms with E-state index < -0.39 is 0 Å². The minimum Gasteiger partial charge on any atom is -0.338 e. The number of amides is 3. The summed E-state index contributed by atoms with van der Waals surface area (Å²) in [4.78, 5) is 27.4. The fraction of sp³-hybridized carbons (Fsp3) is 0.529. The Labute approximate surface area is 135 Å². The van der Waals surface area contributed by atoms with Crippen LogP contribution in [0.3, 0.4) is 0 Å². The molecular formula is C17H22FN3O2. The van der Waals surface area contributed by atoms with Gasteiger partial charge >= 0.3 is 6.03 Å². The first-order valence-corrected chi connectivity index (χ1v) is 7.91. The van der Waals surface area contributed by atoms with Crippen LogP contribution in [0.4, 0.5) is 9.18 Å². The number of carbonyl (C=O) groups excluding carboxylic acids is 2. The minimum absolute atomic E-state index is 0.0736. The second kappa shape index (κ2) is 5.83. The number of urea groups is 1. The highest BCUT2D eigenvalue weighted by atomic mass is 19.1. The first-order valence-electron chi connectivity index (χ1n) is 7.91. The molecule has 3 amide bonds. The summed E-state index contributed by atoms with van der Waals surface area (Å²) in [6.45, 7) is 1.39. The lowest BCUT2D eigenvalue weighted by molar-refractivity contribution is 0.0664. The molecule has 1 aromatic rings. The Morgan fingerprint density at radius 1 is 1.35 bits per heavy atom. The third kappa shape index (κ3) is 3.16. The molecule has 5 nitrogen and oxygen atoms in total. The molecule has 2 aliphatic rings. The van der Waals surface area contributed by atoms with E-state index in [1.54, 1.807) is 31.1 Å². The standard InChI is InChI=1S/C17H22FN3O2/c1-20(2)16(23)19-14-9-17(10-14)6-7-21(11-17)15(22)12-4-3-5-13(18)8-12/h3-5,8,14H,6-7,9-11H2,1-2H3,(H,19,23). The normalized spacial score (nSPS) is 26.0. The van der Waals surface area contributed by atoms with Crippen molar-refractivity contribution in [1.82, 2.24) is 15.1 Å². The van der Waals surface area contributed by atoms with Gasteiger partial charge in [0.2, 0.25) is 0 Å². The highest BCUT2D eigenvalue weighted by Crippen LogP contribution is 2.48. The van der Waals surface area contributed by atoms with Gasteiger partial charge in [0.25, 0.3) is 5.91 Å². The molecule has 23 heavy (non-hydrogen) atoms. The molecule has 0 bridgehead atoms. The number of hydrogen-bond donors (Lipinski definition) is 1. The molecule has 3 rings (SSSR count). The molecule has 6 heteroatoms. The Morgan fingerprint density at radius 2 is 2.09 bits per heavy atom. The van der Waals surface area contributed by atoms with Crippen molar-refractivity contribution in [2.45, 2.75) is 25.3 Å². The zero-order chi connectivity index (χ0) is 16.6. The lowest BCUT2D eigenvalue weighted by atomic mass is 9.65. The summed E-state index contributed by atoms with van der Waals surface area (Å²) in [5.74, 6) is -0.498. The molecule has 2 fully saturated rings. The maximum atomic E-state index is 13.3. The topological polar surface area (TPSA) is 52.7 Å². The molecule has 1 aliphatic carbocycles. The Morgan fingerprint density at radius 3 is 2.74 bits per heavy atom. The number of halogens is 1. The van der Waals surface area contributed by atoms with Crippen LogP contribution in [0.25, 0.3) is 0 Å². The first kappa shape index (κ1) is 15.8. The van der Waals surface area contributed by atoms with Crippen LogP contribution in [0.5, 0.6) is 0 Å². The molecule has 1 heterocycles. The molecule has 1 saturated carbocycles. The smallest absolute Gasteiger partial charge is 0.317 e. The van der Waals surface area contributed by atoms with Gasteiger partial charge in [-0.1, -0.05) is 6.07 Å². The van der Waals surface area contributed by atoms with Crippen molar-refractivity contribution in [2.75, 3.05) is 27.2 Å². The molecule has 0 radical (unpaired) electrons. The van der Waals surface area contributed by atoms with Crippen LogP contribution >= 0.6 is 0 Å². The first-order chi connectivity index (χ1) is 10.9. The number of rotatable bonds is 2. The van der Waals surface area contributed by atoms with Gasteiger partial charge in [0.1, 0.15) is 5.82 Å². The van der Waals surface area contributed by atoms with E-state index in [1.165, 1.54) is 17.0 Å². The van der Waals surface area contributed by atoms with E-state index >= 15 is 0 Å². The van der Waals surface area contributed by atoms with E-state index in [0.29, 0.717) is 18.7 Å². The van der Waals surface area contributed by atoms with Gasteiger partial charge < -0.3 is 15.1 Å². The van der Waals surface area contributed by atoms with Gasteiger partial charge in [-0.15, -0.1) is 0 Å². The van der Waals surface area contributed by atoms with E-state index in [-0.39, 0.29) is 29.2 Å².